The maximum absolute atomic E-state index is 12.4. The van der Waals surface area contributed by atoms with Crippen LogP contribution in [0, 0.1) is 5.92 Å². The average Bonchev–Trinajstić information content (AvgIpc) is 2.76. The molecule has 1 aromatic heterocycles. The summed E-state index contributed by atoms with van der Waals surface area (Å²) in [4.78, 5) is 16.9. The molecule has 0 radical (unpaired) electrons. The number of alkyl halides is 3. The molecule has 116 valence electrons. The molecule has 1 atom stereocenters. The van der Waals surface area contributed by atoms with E-state index >= 15 is 0 Å². The molecule has 4 nitrogen and oxygen atoms in total. The maximum Gasteiger partial charge on any atom is 0.433 e. The van der Waals surface area contributed by atoms with Crippen LogP contribution in [0.15, 0.2) is 18.3 Å². The summed E-state index contributed by atoms with van der Waals surface area (Å²) < 4.78 is 42.2. The minimum Gasteiger partial charge on any atom is -0.383 e. The summed E-state index contributed by atoms with van der Waals surface area (Å²) in [5.41, 5.74) is -0.176. The van der Waals surface area contributed by atoms with Gasteiger partial charge in [-0.15, -0.1) is 0 Å². The van der Waals surface area contributed by atoms with Crippen molar-refractivity contribution in [3.05, 3.63) is 29.6 Å². The van der Waals surface area contributed by atoms with Crippen LogP contribution in [0.1, 0.15) is 17.7 Å². The molecular formula is C14H17F3N2O2. The van der Waals surface area contributed by atoms with Gasteiger partial charge >= 0.3 is 6.18 Å². The average molecular weight is 302 g/mol. The van der Waals surface area contributed by atoms with E-state index in [1.807, 2.05) is 0 Å². The summed E-state index contributed by atoms with van der Waals surface area (Å²) in [6.45, 7) is 1.65. The van der Waals surface area contributed by atoms with Crippen molar-refractivity contribution in [1.29, 1.82) is 0 Å². The van der Waals surface area contributed by atoms with Crippen LogP contribution >= 0.6 is 0 Å². The van der Waals surface area contributed by atoms with Crippen molar-refractivity contribution in [2.75, 3.05) is 26.8 Å². The van der Waals surface area contributed by atoms with Crippen LogP contribution in [0.3, 0.4) is 0 Å². The van der Waals surface area contributed by atoms with Crippen LogP contribution in [0.2, 0.25) is 0 Å². The number of amides is 1. The summed E-state index contributed by atoms with van der Waals surface area (Å²) in [5, 5.41) is 0. The van der Waals surface area contributed by atoms with Crippen molar-refractivity contribution in [2.24, 2.45) is 5.92 Å². The normalized spacial score (nSPS) is 19.3. The minimum absolute atomic E-state index is 0.0666. The second kappa shape index (κ2) is 6.43. The highest BCUT2D eigenvalue weighted by atomic mass is 19.4. The van der Waals surface area contributed by atoms with Crippen LogP contribution in [-0.4, -0.2) is 42.6 Å². The van der Waals surface area contributed by atoms with Crippen LogP contribution in [0.4, 0.5) is 13.2 Å². The lowest BCUT2D eigenvalue weighted by atomic mass is 9.99. The molecule has 1 aromatic rings. The fraction of sp³-hybridized carbons (Fsp3) is 0.571. The van der Waals surface area contributed by atoms with E-state index in [0.717, 1.165) is 11.6 Å². The topological polar surface area (TPSA) is 42.4 Å². The van der Waals surface area contributed by atoms with E-state index in [9.17, 15) is 18.0 Å². The number of hydrogen-bond acceptors (Lipinski definition) is 3. The number of hydrogen-bond donors (Lipinski definition) is 0. The Hall–Kier alpha value is -1.63. The van der Waals surface area contributed by atoms with E-state index in [-0.39, 0.29) is 11.8 Å². The second-order valence-electron chi connectivity index (χ2n) is 5.16. The third-order valence-electron chi connectivity index (χ3n) is 3.50. The molecule has 1 aliphatic heterocycles. The number of carbonyl (C=O) groups excluding carboxylic acids is 1. The predicted molar refractivity (Wildman–Crippen MR) is 69.5 cm³/mol. The Labute approximate surface area is 120 Å². The molecule has 0 N–H and O–H groups in total. The van der Waals surface area contributed by atoms with Crippen molar-refractivity contribution in [1.82, 2.24) is 9.88 Å². The number of rotatable bonds is 5. The Morgan fingerprint density at radius 2 is 2.19 bits per heavy atom. The van der Waals surface area contributed by atoms with Crippen molar-refractivity contribution >= 4 is 5.91 Å². The Morgan fingerprint density at radius 3 is 2.76 bits per heavy atom. The molecule has 21 heavy (non-hydrogen) atoms. The molecule has 1 aliphatic rings. The quantitative estimate of drug-likeness (QED) is 0.837. The molecule has 0 saturated carbocycles. The smallest absolute Gasteiger partial charge is 0.383 e. The number of halogens is 3. The molecule has 0 spiro atoms. The van der Waals surface area contributed by atoms with Crippen LogP contribution in [0.25, 0.3) is 0 Å². The Balaban J connectivity index is 1.92. The van der Waals surface area contributed by atoms with Crippen molar-refractivity contribution in [2.45, 2.75) is 19.0 Å². The van der Waals surface area contributed by atoms with E-state index in [4.69, 9.17) is 4.74 Å². The first-order valence-corrected chi connectivity index (χ1v) is 6.69. The largest absolute Gasteiger partial charge is 0.433 e. The van der Waals surface area contributed by atoms with Gasteiger partial charge in [0, 0.05) is 32.8 Å². The van der Waals surface area contributed by atoms with E-state index in [0.29, 0.717) is 32.5 Å². The van der Waals surface area contributed by atoms with E-state index in [2.05, 4.69) is 4.98 Å². The van der Waals surface area contributed by atoms with E-state index < -0.39 is 11.9 Å². The number of aromatic nitrogens is 1. The first-order chi connectivity index (χ1) is 9.90. The van der Waals surface area contributed by atoms with Gasteiger partial charge in [0.1, 0.15) is 5.69 Å². The molecule has 1 amide bonds. The molecule has 2 heterocycles. The molecule has 7 heteroatoms. The molecule has 0 aromatic carbocycles. The molecule has 1 unspecified atom stereocenters. The van der Waals surface area contributed by atoms with Gasteiger partial charge in [-0.2, -0.15) is 13.2 Å². The molecular weight excluding hydrogens is 285 g/mol. The third kappa shape index (κ3) is 4.17. The summed E-state index contributed by atoms with van der Waals surface area (Å²) in [5.74, 6) is 0.185. The Bertz CT molecular complexity index is 488. The first kappa shape index (κ1) is 15.8. The fourth-order valence-corrected chi connectivity index (χ4v) is 2.45. The van der Waals surface area contributed by atoms with Gasteiger partial charge in [-0.05, 0) is 24.0 Å². The zero-order chi connectivity index (χ0) is 15.5. The minimum atomic E-state index is -4.42. The standard InChI is InChI=1S/C14H17F3N2O2/c1-21-5-4-19-9-11(7-13(19)20)6-10-2-3-12(18-8-10)14(15,16)17/h2-3,8,11H,4-7,9H2,1H3. The van der Waals surface area contributed by atoms with E-state index in [1.54, 1.807) is 12.0 Å². The molecule has 2 rings (SSSR count). The highest BCUT2D eigenvalue weighted by molar-refractivity contribution is 5.78. The van der Waals surface area contributed by atoms with Gasteiger partial charge in [0.25, 0.3) is 0 Å². The van der Waals surface area contributed by atoms with E-state index in [1.165, 1.54) is 12.3 Å². The molecule has 1 fully saturated rings. The lowest BCUT2D eigenvalue weighted by molar-refractivity contribution is -0.141. The van der Waals surface area contributed by atoms with Crippen molar-refractivity contribution in [3.63, 3.8) is 0 Å². The Morgan fingerprint density at radius 1 is 1.43 bits per heavy atom. The number of likely N-dealkylation sites (tertiary alicyclic amines) is 1. The maximum atomic E-state index is 12.4. The van der Waals surface area contributed by atoms with Crippen LogP contribution < -0.4 is 0 Å². The predicted octanol–water partition coefficient (Wildman–Crippen LogP) is 2.14. The van der Waals surface area contributed by atoms with Gasteiger partial charge < -0.3 is 9.64 Å². The number of methoxy groups -OCH3 is 1. The summed E-state index contributed by atoms with van der Waals surface area (Å²) in [6.07, 6.45) is -2.20. The van der Waals surface area contributed by atoms with Crippen LogP contribution in [0.5, 0.6) is 0 Å². The van der Waals surface area contributed by atoms with Gasteiger partial charge in [-0.25, -0.2) is 0 Å². The lowest BCUT2D eigenvalue weighted by Gasteiger charge is -2.16. The van der Waals surface area contributed by atoms with Gasteiger partial charge in [0.15, 0.2) is 0 Å². The van der Waals surface area contributed by atoms with Crippen molar-refractivity contribution in [3.8, 4) is 0 Å². The van der Waals surface area contributed by atoms with Gasteiger partial charge in [-0.1, -0.05) is 6.07 Å². The second-order valence-corrected chi connectivity index (χ2v) is 5.16. The summed E-state index contributed by atoms with van der Waals surface area (Å²) in [7, 11) is 1.58. The SMILES string of the molecule is COCCN1CC(Cc2ccc(C(F)(F)F)nc2)CC1=O. The highest BCUT2D eigenvalue weighted by Crippen LogP contribution is 2.28. The lowest BCUT2D eigenvalue weighted by Crippen LogP contribution is -2.28. The monoisotopic (exact) mass is 302 g/mol. The number of pyridine rings is 1. The number of ether oxygens (including phenoxy) is 1. The van der Waals surface area contributed by atoms with Crippen molar-refractivity contribution < 1.29 is 22.7 Å². The zero-order valence-corrected chi connectivity index (χ0v) is 11.7. The summed E-state index contributed by atoms with van der Waals surface area (Å²) >= 11 is 0. The number of carbonyl (C=O) groups is 1. The first-order valence-electron chi connectivity index (χ1n) is 6.69. The van der Waals surface area contributed by atoms with Gasteiger partial charge in [-0.3, -0.25) is 9.78 Å². The fourth-order valence-electron chi connectivity index (χ4n) is 2.45. The third-order valence-corrected chi connectivity index (χ3v) is 3.50. The van der Waals surface area contributed by atoms with Gasteiger partial charge in [0.05, 0.1) is 6.61 Å². The molecule has 0 aliphatic carbocycles. The number of nitrogens with zero attached hydrogens (tertiary/aromatic N) is 2. The molecule has 1 saturated heterocycles. The summed E-state index contributed by atoms with van der Waals surface area (Å²) in [6, 6.07) is 2.41. The van der Waals surface area contributed by atoms with Gasteiger partial charge in [0.2, 0.25) is 5.91 Å². The molecule has 0 bridgehead atoms. The highest BCUT2D eigenvalue weighted by Gasteiger charge is 2.33. The van der Waals surface area contributed by atoms with Crippen LogP contribution in [-0.2, 0) is 22.1 Å². The Kier molecular flexibility index (Phi) is 4.82. The zero-order valence-electron chi connectivity index (χ0n) is 11.7.